The van der Waals surface area contributed by atoms with Crippen molar-refractivity contribution in [1.29, 1.82) is 0 Å². The zero-order valence-electron chi connectivity index (χ0n) is 17.5. The van der Waals surface area contributed by atoms with Gasteiger partial charge in [-0.3, -0.25) is 9.59 Å². The second-order valence-electron chi connectivity index (χ2n) is 7.27. The Kier molecular flexibility index (Phi) is 5.97. The van der Waals surface area contributed by atoms with Crippen molar-refractivity contribution < 1.29 is 23.2 Å². The van der Waals surface area contributed by atoms with Crippen LogP contribution in [0.25, 0.3) is 5.65 Å². The van der Waals surface area contributed by atoms with E-state index in [4.69, 9.17) is 20.9 Å². The molecule has 0 bridgehead atoms. The molecule has 0 spiro atoms. The average Bonchev–Trinajstić information content (AvgIpc) is 3.16. The quantitative estimate of drug-likeness (QED) is 0.437. The number of hydrogen-bond donors (Lipinski definition) is 1. The van der Waals surface area contributed by atoms with E-state index in [1.54, 1.807) is 19.9 Å². The van der Waals surface area contributed by atoms with Crippen molar-refractivity contribution in [3.63, 3.8) is 0 Å². The normalized spacial score (nSPS) is 10.9. The molecule has 10 heteroatoms. The third-order valence-corrected chi connectivity index (χ3v) is 5.09. The number of rotatable bonds is 5. The Hall–Kier alpha value is -3.98. The molecule has 0 radical (unpaired) electrons. The second-order valence-corrected chi connectivity index (χ2v) is 7.68. The molecule has 0 aliphatic rings. The molecule has 0 fully saturated rings. The first-order valence-electron chi connectivity index (χ1n) is 9.75. The number of aryl methyl sites for hydroxylation is 2. The third-order valence-electron chi connectivity index (χ3n) is 4.76. The molecule has 4 aromatic rings. The fraction of sp³-hybridized carbons (Fsp3) is 0.130. The van der Waals surface area contributed by atoms with Crippen LogP contribution in [0.4, 0.5) is 10.1 Å². The van der Waals surface area contributed by atoms with Crippen LogP contribution < -0.4 is 10.9 Å². The minimum absolute atomic E-state index is 0.101. The van der Waals surface area contributed by atoms with Crippen LogP contribution in [-0.4, -0.2) is 21.4 Å². The number of benzene rings is 2. The minimum atomic E-state index is -0.714. The highest BCUT2D eigenvalue weighted by Crippen LogP contribution is 2.24. The summed E-state index contributed by atoms with van der Waals surface area (Å²) < 4.78 is 25.3. The van der Waals surface area contributed by atoms with E-state index >= 15 is 0 Å². The number of nitrogens with one attached hydrogen (secondary N) is 1. The summed E-state index contributed by atoms with van der Waals surface area (Å²) in [7, 11) is 0. The van der Waals surface area contributed by atoms with Gasteiger partial charge in [0, 0.05) is 17.7 Å². The Morgan fingerprint density at radius 3 is 2.64 bits per heavy atom. The standard InChI is InChI=1S/C23H17ClFN3O5/c1-12-3-4-14(8-18(12)25)22(30)27-19-9-15(5-6-17(19)24)23(31)32-11-16-10-21(29)28-20(26-16)7-13(2)33-28/h3-10H,11H2,1-2H3,(H,27,30). The van der Waals surface area contributed by atoms with Gasteiger partial charge in [-0.05, 0) is 49.7 Å². The molecule has 2 aromatic carbocycles. The van der Waals surface area contributed by atoms with Gasteiger partial charge in [-0.2, -0.15) is 0 Å². The molecular formula is C23H17ClFN3O5. The molecule has 0 aliphatic heterocycles. The van der Waals surface area contributed by atoms with Crippen molar-refractivity contribution in [2.45, 2.75) is 20.5 Å². The predicted octanol–water partition coefficient (Wildman–Crippen LogP) is 4.31. The molecule has 168 valence electrons. The highest BCUT2D eigenvalue weighted by Gasteiger charge is 2.15. The summed E-state index contributed by atoms with van der Waals surface area (Å²) in [5.74, 6) is -1.30. The molecule has 0 saturated heterocycles. The maximum Gasteiger partial charge on any atom is 0.338 e. The van der Waals surface area contributed by atoms with Crippen molar-refractivity contribution in [3.05, 3.63) is 97.9 Å². The van der Waals surface area contributed by atoms with Gasteiger partial charge >= 0.3 is 5.97 Å². The molecule has 1 amide bonds. The van der Waals surface area contributed by atoms with E-state index in [0.717, 1.165) is 10.6 Å². The van der Waals surface area contributed by atoms with Gasteiger partial charge in [0.25, 0.3) is 11.5 Å². The Morgan fingerprint density at radius 2 is 1.88 bits per heavy atom. The second kappa shape index (κ2) is 8.87. The lowest BCUT2D eigenvalue weighted by molar-refractivity contribution is 0.0467. The first kappa shape index (κ1) is 22.2. The molecule has 0 saturated carbocycles. The number of aromatic nitrogens is 2. The Morgan fingerprint density at radius 1 is 1.12 bits per heavy atom. The van der Waals surface area contributed by atoms with E-state index in [1.165, 1.54) is 36.4 Å². The number of amides is 1. The van der Waals surface area contributed by atoms with Gasteiger partial charge in [-0.1, -0.05) is 17.7 Å². The molecule has 4 rings (SSSR count). The molecule has 33 heavy (non-hydrogen) atoms. The van der Waals surface area contributed by atoms with Crippen LogP contribution in [0.3, 0.4) is 0 Å². The van der Waals surface area contributed by atoms with Gasteiger partial charge in [-0.15, -0.1) is 4.57 Å². The number of fused-ring (bicyclic) bond motifs is 1. The number of hydrogen-bond acceptors (Lipinski definition) is 6. The number of nitrogens with zero attached hydrogens (tertiary/aromatic N) is 2. The first-order valence-corrected chi connectivity index (χ1v) is 10.1. The van der Waals surface area contributed by atoms with Crippen LogP contribution >= 0.6 is 11.6 Å². The number of anilines is 1. The van der Waals surface area contributed by atoms with Gasteiger partial charge in [0.1, 0.15) is 18.2 Å². The monoisotopic (exact) mass is 469 g/mol. The highest BCUT2D eigenvalue weighted by atomic mass is 35.5. The number of ether oxygens (including phenoxy) is 1. The first-order chi connectivity index (χ1) is 15.7. The van der Waals surface area contributed by atoms with Gasteiger partial charge in [0.05, 0.1) is 22.0 Å². The Labute approximate surface area is 191 Å². The summed E-state index contributed by atoms with van der Waals surface area (Å²) in [6, 6.07) is 11.1. The smallest absolute Gasteiger partial charge is 0.338 e. The Balaban J connectivity index is 1.48. The van der Waals surface area contributed by atoms with E-state index in [2.05, 4.69) is 10.3 Å². The number of esters is 1. The summed E-state index contributed by atoms with van der Waals surface area (Å²) in [6.07, 6.45) is 0. The van der Waals surface area contributed by atoms with Crippen LogP contribution in [-0.2, 0) is 11.3 Å². The maximum atomic E-state index is 13.8. The fourth-order valence-electron chi connectivity index (χ4n) is 3.05. The zero-order chi connectivity index (χ0) is 23.7. The molecule has 0 atom stereocenters. The molecule has 0 unspecified atom stereocenters. The number of carbonyl (C=O) groups is 2. The maximum absolute atomic E-state index is 13.8. The van der Waals surface area contributed by atoms with E-state index in [9.17, 15) is 18.8 Å². The van der Waals surface area contributed by atoms with Gasteiger partial charge < -0.3 is 14.6 Å². The van der Waals surface area contributed by atoms with Gasteiger partial charge in [0.15, 0.2) is 5.65 Å². The van der Waals surface area contributed by atoms with Crippen molar-refractivity contribution in [3.8, 4) is 0 Å². The average molecular weight is 470 g/mol. The molecule has 2 heterocycles. The topological polar surface area (TPSA) is 103 Å². The van der Waals surface area contributed by atoms with Gasteiger partial charge in [-0.25, -0.2) is 14.2 Å². The van der Waals surface area contributed by atoms with Crippen molar-refractivity contribution >= 4 is 34.8 Å². The lowest BCUT2D eigenvalue weighted by Gasteiger charge is -2.10. The van der Waals surface area contributed by atoms with Crippen molar-refractivity contribution in [2.75, 3.05) is 5.32 Å². The van der Waals surface area contributed by atoms with E-state index in [1.807, 2.05) is 0 Å². The lowest BCUT2D eigenvalue weighted by atomic mass is 10.1. The minimum Gasteiger partial charge on any atom is -0.456 e. The summed E-state index contributed by atoms with van der Waals surface area (Å²) in [6.45, 7) is 3.02. The van der Waals surface area contributed by atoms with Crippen LogP contribution in [0, 0.1) is 19.7 Å². The molecule has 2 aromatic heterocycles. The molecule has 1 N–H and O–H groups in total. The largest absolute Gasteiger partial charge is 0.456 e. The fourth-order valence-corrected chi connectivity index (χ4v) is 3.21. The number of halogens is 2. The van der Waals surface area contributed by atoms with Crippen LogP contribution in [0.2, 0.25) is 5.02 Å². The molecular weight excluding hydrogens is 453 g/mol. The highest BCUT2D eigenvalue weighted by molar-refractivity contribution is 6.34. The lowest BCUT2D eigenvalue weighted by Crippen LogP contribution is -2.15. The van der Waals surface area contributed by atoms with E-state index in [-0.39, 0.29) is 34.1 Å². The third kappa shape index (κ3) is 4.78. The zero-order valence-corrected chi connectivity index (χ0v) is 18.3. The SMILES string of the molecule is Cc1cc2nc(COC(=O)c3ccc(Cl)c(NC(=O)c4ccc(C)c(F)c4)c3)cc(=O)n2o1. The van der Waals surface area contributed by atoms with Gasteiger partial charge in [0.2, 0.25) is 0 Å². The summed E-state index contributed by atoms with van der Waals surface area (Å²) in [5, 5.41) is 2.74. The summed E-state index contributed by atoms with van der Waals surface area (Å²) >= 11 is 6.14. The summed E-state index contributed by atoms with van der Waals surface area (Å²) in [4.78, 5) is 41.3. The van der Waals surface area contributed by atoms with E-state index < -0.39 is 23.3 Å². The van der Waals surface area contributed by atoms with Crippen LogP contribution in [0.15, 0.2) is 57.8 Å². The van der Waals surface area contributed by atoms with Crippen molar-refractivity contribution in [1.82, 2.24) is 9.56 Å². The molecule has 0 aliphatic carbocycles. The van der Waals surface area contributed by atoms with Crippen molar-refractivity contribution in [2.24, 2.45) is 0 Å². The van der Waals surface area contributed by atoms with Crippen LogP contribution in [0.5, 0.6) is 0 Å². The summed E-state index contributed by atoms with van der Waals surface area (Å²) in [5.41, 5.74) is 0.889. The van der Waals surface area contributed by atoms with E-state index in [0.29, 0.717) is 17.0 Å². The predicted molar refractivity (Wildman–Crippen MR) is 118 cm³/mol. The molecule has 8 nitrogen and oxygen atoms in total. The Bertz CT molecular complexity index is 1460. The van der Waals surface area contributed by atoms with Crippen LogP contribution in [0.1, 0.15) is 37.7 Å². The number of carbonyl (C=O) groups excluding carboxylic acids is 2.